The lowest BCUT2D eigenvalue weighted by Gasteiger charge is -1.98. The lowest BCUT2D eigenvalue weighted by atomic mass is 10.1. The molecular weight excluding hydrogens is 276 g/mol. The zero-order valence-electron chi connectivity index (χ0n) is 10.8. The number of carbonyl (C=O) groups is 1. The molecular formula is C15H18O2S2. The Balaban J connectivity index is 1.68. The number of hydrogen-bond acceptors (Lipinski definition) is 3. The molecule has 0 bridgehead atoms. The first kappa shape index (κ1) is 14.3. The summed E-state index contributed by atoms with van der Waals surface area (Å²) in [5.74, 6) is -0.682. The summed E-state index contributed by atoms with van der Waals surface area (Å²) in [7, 11) is 0. The van der Waals surface area contributed by atoms with Crippen LogP contribution in [-0.2, 0) is 11.2 Å². The summed E-state index contributed by atoms with van der Waals surface area (Å²) in [6, 6.07) is 8.67. The molecule has 19 heavy (non-hydrogen) atoms. The number of rotatable bonds is 8. The number of aryl methyl sites for hydroxylation is 1. The van der Waals surface area contributed by atoms with E-state index >= 15 is 0 Å². The van der Waals surface area contributed by atoms with E-state index in [-0.39, 0.29) is 0 Å². The second-order valence-corrected chi connectivity index (χ2v) is 6.67. The Morgan fingerprint density at radius 1 is 1.05 bits per heavy atom. The average Bonchev–Trinajstić information content (AvgIpc) is 3.03. The van der Waals surface area contributed by atoms with E-state index in [4.69, 9.17) is 5.11 Å². The normalized spacial score (nSPS) is 10.7. The summed E-state index contributed by atoms with van der Waals surface area (Å²) >= 11 is 3.66. The molecule has 0 atom stereocenters. The largest absolute Gasteiger partial charge is 0.481 e. The van der Waals surface area contributed by atoms with Crippen molar-refractivity contribution < 1.29 is 9.90 Å². The molecule has 2 aromatic rings. The molecule has 2 aromatic heterocycles. The maximum Gasteiger partial charge on any atom is 0.303 e. The van der Waals surface area contributed by atoms with Gasteiger partial charge in [0.25, 0.3) is 0 Å². The highest BCUT2D eigenvalue weighted by atomic mass is 32.1. The van der Waals surface area contributed by atoms with Crippen molar-refractivity contribution >= 4 is 28.6 Å². The molecule has 2 rings (SSSR count). The molecule has 4 heteroatoms. The van der Waals surface area contributed by atoms with Crippen molar-refractivity contribution in [2.24, 2.45) is 0 Å². The van der Waals surface area contributed by atoms with Crippen LogP contribution in [0.1, 0.15) is 37.0 Å². The smallest absolute Gasteiger partial charge is 0.303 e. The third kappa shape index (κ3) is 4.80. The van der Waals surface area contributed by atoms with Crippen molar-refractivity contribution in [2.75, 3.05) is 0 Å². The van der Waals surface area contributed by atoms with Gasteiger partial charge in [0.15, 0.2) is 0 Å². The van der Waals surface area contributed by atoms with Crippen LogP contribution in [-0.4, -0.2) is 11.1 Å². The maximum atomic E-state index is 10.4. The van der Waals surface area contributed by atoms with Gasteiger partial charge < -0.3 is 5.11 Å². The molecule has 0 aliphatic rings. The van der Waals surface area contributed by atoms with Gasteiger partial charge in [-0.1, -0.05) is 18.9 Å². The molecule has 102 valence electrons. The van der Waals surface area contributed by atoms with Gasteiger partial charge in [0, 0.05) is 21.1 Å². The maximum absolute atomic E-state index is 10.4. The van der Waals surface area contributed by atoms with Crippen molar-refractivity contribution in [3.8, 4) is 9.75 Å². The van der Waals surface area contributed by atoms with E-state index in [1.165, 1.54) is 14.6 Å². The molecule has 0 unspecified atom stereocenters. The molecule has 0 saturated heterocycles. The highest BCUT2D eigenvalue weighted by molar-refractivity contribution is 7.21. The molecule has 2 nitrogen and oxygen atoms in total. The van der Waals surface area contributed by atoms with Gasteiger partial charge in [-0.3, -0.25) is 4.79 Å². The Kier molecular flexibility index (Phi) is 5.61. The number of aliphatic carboxylic acids is 1. The lowest BCUT2D eigenvalue weighted by molar-refractivity contribution is -0.137. The molecule has 0 fully saturated rings. The minimum absolute atomic E-state index is 0.307. The Labute approximate surface area is 121 Å². The SMILES string of the molecule is O=C(O)CCCCCCc1ccc(-c2cccs2)s1. The van der Waals surface area contributed by atoms with Crippen LogP contribution >= 0.6 is 22.7 Å². The van der Waals surface area contributed by atoms with Gasteiger partial charge in [-0.2, -0.15) is 0 Å². The van der Waals surface area contributed by atoms with Crippen LogP contribution in [0.4, 0.5) is 0 Å². The summed E-state index contributed by atoms with van der Waals surface area (Å²) in [5, 5.41) is 10.7. The Morgan fingerprint density at radius 2 is 1.89 bits per heavy atom. The Bertz CT molecular complexity index is 500. The number of carboxylic acid groups (broad SMARTS) is 1. The Hall–Kier alpha value is -1.13. The molecule has 2 heterocycles. The molecule has 0 spiro atoms. The van der Waals surface area contributed by atoms with Crippen molar-refractivity contribution in [2.45, 2.75) is 38.5 Å². The van der Waals surface area contributed by atoms with E-state index in [1.807, 2.05) is 11.3 Å². The number of carboxylic acids is 1. The fourth-order valence-electron chi connectivity index (χ4n) is 1.99. The highest BCUT2D eigenvalue weighted by Gasteiger charge is 2.03. The zero-order chi connectivity index (χ0) is 13.5. The van der Waals surface area contributed by atoms with Gasteiger partial charge in [-0.15, -0.1) is 22.7 Å². The van der Waals surface area contributed by atoms with Gasteiger partial charge in [0.05, 0.1) is 0 Å². The predicted molar refractivity (Wildman–Crippen MR) is 82.1 cm³/mol. The van der Waals surface area contributed by atoms with E-state index in [9.17, 15) is 4.79 Å². The fourth-order valence-corrected chi connectivity index (χ4v) is 3.88. The van der Waals surface area contributed by atoms with E-state index < -0.39 is 5.97 Å². The van der Waals surface area contributed by atoms with E-state index in [1.54, 1.807) is 11.3 Å². The molecule has 0 radical (unpaired) electrons. The molecule has 0 aliphatic heterocycles. The lowest BCUT2D eigenvalue weighted by Crippen LogP contribution is -1.93. The Morgan fingerprint density at radius 3 is 2.63 bits per heavy atom. The van der Waals surface area contributed by atoms with E-state index in [2.05, 4.69) is 29.6 Å². The standard InChI is InChI=1S/C15H18O2S2/c16-15(17)8-4-2-1-3-6-12-9-10-14(19-12)13-7-5-11-18-13/h5,7,9-11H,1-4,6,8H2,(H,16,17). The van der Waals surface area contributed by atoms with Crippen LogP contribution in [0.5, 0.6) is 0 Å². The van der Waals surface area contributed by atoms with Crippen molar-refractivity contribution in [1.82, 2.24) is 0 Å². The molecule has 0 aliphatic carbocycles. The van der Waals surface area contributed by atoms with Crippen LogP contribution in [0.15, 0.2) is 29.6 Å². The third-order valence-corrected chi connectivity index (χ3v) is 5.20. The summed E-state index contributed by atoms with van der Waals surface area (Å²) in [5.41, 5.74) is 0. The second-order valence-electron chi connectivity index (χ2n) is 4.55. The zero-order valence-corrected chi connectivity index (χ0v) is 12.4. The van der Waals surface area contributed by atoms with Gasteiger partial charge >= 0.3 is 5.97 Å². The summed E-state index contributed by atoms with van der Waals surface area (Å²) in [6.45, 7) is 0. The van der Waals surface area contributed by atoms with E-state index in [0.29, 0.717) is 6.42 Å². The monoisotopic (exact) mass is 294 g/mol. The summed E-state index contributed by atoms with van der Waals surface area (Å²) in [4.78, 5) is 14.5. The minimum Gasteiger partial charge on any atom is -0.481 e. The van der Waals surface area contributed by atoms with Crippen molar-refractivity contribution in [3.05, 3.63) is 34.5 Å². The first-order chi connectivity index (χ1) is 9.25. The fraction of sp³-hybridized carbons (Fsp3) is 0.400. The second kappa shape index (κ2) is 7.46. The summed E-state index contributed by atoms with van der Waals surface area (Å²) in [6.07, 6.45) is 5.53. The van der Waals surface area contributed by atoms with Gasteiger partial charge in [-0.25, -0.2) is 0 Å². The topological polar surface area (TPSA) is 37.3 Å². The van der Waals surface area contributed by atoms with Crippen LogP contribution in [0.2, 0.25) is 0 Å². The minimum atomic E-state index is -0.682. The number of hydrogen-bond donors (Lipinski definition) is 1. The first-order valence-electron chi connectivity index (χ1n) is 6.60. The average molecular weight is 294 g/mol. The van der Waals surface area contributed by atoms with Crippen LogP contribution < -0.4 is 0 Å². The predicted octanol–water partition coefficient (Wildman–Crippen LogP) is 5.05. The van der Waals surface area contributed by atoms with Crippen LogP contribution in [0, 0.1) is 0 Å². The van der Waals surface area contributed by atoms with Gasteiger partial charge in [-0.05, 0) is 42.8 Å². The number of thiophene rings is 2. The van der Waals surface area contributed by atoms with Gasteiger partial charge in [0.2, 0.25) is 0 Å². The van der Waals surface area contributed by atoms with Gasteiger partial charge in [0.1, 0.15) is 0 Å². The first-order valence-corrected chi connectivity index (χ1v) is 8.30. The third-order valence-electron chi connectivity index (χ3n) is 2.99. The van der Waals surface area contributed by atoms with Crippen LogP contribution in [0.25, 0.3) is 9.75 Å². The molecule has 0 aromatic carbocycles. The molecule has 1 N–H and O–H groups in total. The van der Waals surface area contributed by atoms with E-state index in [0.717, 1.165) is 32.1 Å². The van der Waals surface area contributed by atoms with Crippen molar-refractivity contribution in [3.63, 3.8) is 0 Å². The highest BCUT2D eigenvalue weighted by Crippen LogP contribution is 2.32. The molecule has 0 saturated carbocycles. The quantitative estimate of drug-likeness (QED) is 0.691. The van der Waals surface area contributed by atoms with Crippen LogP contribution in [0.3, 0.4) is 0 Å². The van der Waals surface area contributed by atoms with Crippen molar-refractivity contribution in [1.29, 1.82) is 0 Å². The summed E-state index contributed by atoms with van der Waals surface area (Å²) < 4.78 is 0. The molecule has 0 amide bonds. The number of unbranched alkanes of at least 4 members (excludes halogenated alkanes) is 3.